The predicted octanol–water partition coefficient (Wildman–Crippen LogP) is 4.22. The number of nitrogens with two attached hydrogens (primary N) is 1. The van der Waals surface area contributed by atoms with Crippen molar-refractivity contribution in [2.75, 3.05) is 52.0 Å². The zero-order valence-electron chi connectivity index (χ0n) is 21.0. The summed E-state index contributed by atoms with van der Waals surface area (Å²) in [6.45, 7) is 9.81. The second kappa shape index (κ2) is 11.7. The molecule has 0 spiro atoms. The Bertz CT molecular complexity index is 1080. The van der Waals surface area contributed by atoms with Crippen LogP contribution in [0.2, 0.25) is 0 Å². The minimum absolute atomic E-state index is 0.261. The molecule has 0 aliphatic carbocycles. The fourth-order valence-corrected chi connectivity index (χ4v) is 3.99. The molecule has 3 rings (SSSR count). The molecule has 0 saturated heterocycles. The molecule has 0 aliphatic rings. The molecule has 2 aromatic heterocycles. The standard InChI is InChI=1S/C25H36N6O3/c1-7-31(8-2)11-9-10-16(3)28-18-14-22(26)30-25-23(18)27-15-19(29-25)17-12-20(32-4)24(34-6)21(13-17)33-5/h12-16H,7-11H2,1-6H3,(H3,26,28,29,30)/t16-/m0/s1. The second-order valence-electron chi connectivity index (χ2n) is 8.15. The van der Waals surface area contributed by atoms with E-state index in [1.807, 2.05) is 18.2 Å². The van der Waals surface area contributed by atoms with Gasteiger partial charge in [0.05, 0.1) is 38.9 Å². The van der Waals surface area contributed by atoms with Gasteiger partial charge in [0, 0.05) is 17.7 Å². The molecule has 0 bridgehead atoms. The molecule has 34 heavy (non-hydrogen) atoms. The van der Waals surface area contributed by atoms with Crippen molar-refractivity contribution in [3.63, 3.8) is 0 Å². The Morgan fingerprint density at radius 2 is 1.68 bits per heavy atom. The number of anilines is 2. The zero-order chi connectivity index (χ0) is 24.7. The monoisotopic (exact) mass is 468 g/mol. The minimum atomic E-state index is 0.261. The lowest BCUT2D eigenvalue weighted by Gasteiger charge is -2.20. The summed E-state index contributed by atoms with van der Waals surface area (Å²) in [6.07, 6.45) is 3.87. The summed E-state index contributed by atoms with van der Waals surface area (Å²) in [5, 5.41) is 3.55. The fraction of sp³-hybridized carbons (Fsp3) is 0.480. The summed E-state index contributed by atoms with van der Waals surface area (Å²) in [4.78, 5) is 16.3. The smallest absolute Gasteiger partial charge is 0.203 e. The number of rotatable bonds is 12. The predicted molar refractivity (Wildman–Crippen MR) is 137 cm³/mol. The van der Waals surface area contributed by atoms with Gasteiger partial charge in [-0.3, -0.25) is 0 Å². The lowest BCUT2D eigenvalue weighted by molar-refractivity contribution is 0.295. The van der Waals surface area contributed by atoms with Crippen molar-refractivity contribution in [2.24, 2.45) is 0 Å². The van der Waals surface area contributed by atoms with Crippen LogP contribution in [0.25, 0.3) is 22.4 Å². The number of hydrogen-bond acceptors (Lipinski definition) is 9. The number of benzene rings is 1. The molecular formula is C25H36N6O3. The van der Waals surface area contributed by atoms with Crippen LogP contribution in [0.5, 0.6) is 17.2 Å². The first-order chi connectivity index (χ1) is 16.4. The van der Waals surface area contributed by atoms with Crippen molar-refractivity contribution >= 4 is 22.7 Å². The number of nitrogen functional groups attached to an aromatic ring is 1. The molecule has 0 radical (unpaired) electrons. The van der Waals surface area contributed by atoms with Crippen molar-refractivity contribution in [2.45, 2.75) is 39.7 Å². The Morgan fingerprint density at radius 3 is 2.26 bits per heavy atom. The van der Waals surface area contributed by atoms with E-state index in [2.05, 4.69) is 41.0 Å². The van der Waals surface area contributed by atoms with E-state index in [0.717, 1.165) is 43.7 Å². The molecule has 9 heteroatoms. The van der Waals surface area contributed by atoms with Crippen LogP contribution in [0.1, 0.15) is 33.6 Å². The number of nitrogens with one attached hydrogen (secondary N) is 1. The van der Waals surface area contributed by atoms with Crippen LogP contribution in [0.15, 0.2) is 24.4 Å². The quantitative estimate of drug-likeness (QED) is 0.404. The molecule has 3 N–H and O–H groups in total. The first-order valence-electron chi connectivity index (χ1n) is 11.7. The third-order valence-corrected chi connectivity index (χ3v) is 5.90. The highest BCUT2D eigenvalue weighted by Gasteiger charge is 2.17. The van der Waals surface area contributed by atoms with Crippen LogP contribution < -0.4 is 25.3 Å². The summed E-state index contributed by atoms with van der Waals surface area (Å²) in [6, 6.07) is 5.75. The third kappa shape index (κ3) is 5.77. The first-order valence-corrected chi connectivity index (χ1v) is 11.7. The van der Waals surface area contributed by atoms with Gasteiger partial charge in [0.2, 0.25) is 5.75 Å². The minimum Gasteiger partial charge on any atom is -0.493 e. The normalized spacial score (nSPS) is 12.1. The zero-order valence-corrected chi connectivity index (χ0v) is 21.0. The van der Waals surface area contributed by atoms with Crippen molar-refractivity contribution in [3.8, 4) is 28.5 Å². The van der Waals surface area contributed by atoms with Crippen LogP contribution in [0, 0.1) is 0 Å². The van der Waals surface area contributed by atoms with E-state index < -0.39 is 0 Å². The largest absolute Gasteiger partial charge is 0.493 e. The number of aromatic nitrogens is 3. The van der Waals surface area contributed by atoms with Crippen LogP contribution >= 0.6 is 0 Å². The van der Waals surface area contributed by atoms with Crippen molar-refractivity contribution in [1.82, 2.24) is 19.9 Å². The maximum absolute atomic E-state index is 6.11. The molecule has 1 aromatic carbocycles. The summed E-state index contributed by atoms with van der Waals surface area (Å²) in [5.41, 5.74) is 9.50. The van der Waals surface area contributed by atoms with Crippen LogP contribution in [-0.2, 0) is 0 Å². The number of fused-ring (bicyclic) bond motifs is 1. The number of hydrogen-bond donors (Lipinski definition) is 2. The SMILES string of the molecule is CCN(CC)CCC[C@H](C)Nc1cc(N)nc2nc(-c3cc(OC)c(OC)c(OC)c3)cnc12. The average Bonchev–Trinajstić information content (AvgIpc) is 2.85. The number of ether oxygens (including phenoxy) is 3. The lowest BCUT2D eigenvalue weighted by Crippen LogP contribution is -2.25. The molecule has 0 fully saturated rings. The maximum atomic E-state index is 6.11. The molecule has 184 valence electrons. The van der Waals surface area contributed by atoms with Gasteiger partial charge in [-0.25, -0.2) is 15.0 Å². The van der Waals surface area contributed by atoms with E-state index in [1.54, 1.807) is 27.5 Å². The van der Waals surface area contributed by atoms with E-state index in [4.69, 9.17) is 24.9 Å². The van der Waals surface area contributed by atoms with Crippen LogP contribution in [0.3, 0.4) is 0 Å². The van der Waals surface area contributed by atoms with E-state index in [-0.39, 0.29) is 6.04 Å². The van der Waals surface area contributed by atoms with Gasteiger partial charge in [0.15, 0.2) is 17.1 Å². The highest BCUT2D eigenvalue weighted by Crippen LogP contribution is 2.41. The van der Waals surface area contributed by atoms with Crippen molar-refractivity contribution in [3.05, 3.63) is 24.4 Å². The Hall–Kier alpha value is -3.33. The summed E-state index contributed by atoms with van der Waals surface area (Å²) in [5.74, 6) is 1.99. The summed E-state index contributed by atoms with van der Waals surface area (Å²) in [7, 11) is 4.73. The number of pyridine rings is 1. The van der Waals surface area contributed by atoms with Crippen molar-refractivity contribution in [1.29, 1.82) is 0 Å². The fourth-order valence-electron chi connectivity index (χ4n) is 3.99. The van der Waals surface area contributed by atoms with Gasteiger partial charge < -0.3 is 30.2 Å². The Balaban J connectivity index is 1.87. The summed E-state index contributed by atoms with van der Waals surface area (Å²) < 4.78 is 16.4. The average molecular weight is 469 g/mol. The lowest BCUT2D eigenvalue weighted by atomic mass is 10.1. The van der Waals surface area contributed by atoms with Gasteiger partial charge in [-0.1, -0.05) is 13.8 Å². The molecule has 0 aliphatic heterocycles. The third-order valence-electron chi connectivity index (χ3n) is 5.90. The molecule has 0 saturated carbocycles. The number of nitrogens with zero attached hydrogens (tertiary/aromatic N) is 4. The molecular weight excluding hydrogens is 432 g/mol. The van der Waals surface area contributed by atoms with E-state index >= 15 is 0 Å². The summed E-state index contributed by atoms with van der Waals surface area (Å²) >= 11 is 0. The van der Waals surface area contributed by atoms with Gasteiger partial charge in [-0.2, -0.15) is 0 Å². The van der Waals surface area contributed by atoms with Gasteiger partial charge in [-0.05, 0) is 51.5 Å². The Kier molecular flexibility index (Phi) is 8.70. The van der Waals surface area contributed by atoms with Gasteiger partial charge in [0.25, 0.3) is 0 Å². The highest BCUT2D eigenvalue weighted by molar-refractivity contribution is 5.88. The van der Waals surface area contributed by atoms with Gasteiger partial charge >= 0.3 is 0 Å². The van der Waals surface area contributed by atoms with Crippen LogP contribution in [0.4, 0.5) is 11.5 Å². The van der Waals surface area contributed by atoms with E-state index in [0.29, 0.717) is 39.9 Å². The first kappa shape index (κ1) is 25.3. The Morgan fingerprint density at radius 1 is 1.00 bits per heavy atom. The second-order valence-corrected chi connectivity index (χ2v) is 8.15. The Labute approximate surface area is 201 Å². The van der Waals surface area contributed by atoms with E-state index in [9.17, 15) is 0 Å². The molecule has 0 amide bonds. The van der Waals surface area contributed by atoms with Crippen molar-refractivity contribution < 1.29 is 14.2 Å². The molecule has 9 nitrogen and oxygen atoms in total. The van der Waals surface area contributed by atoms with Gasteiger partial charge in [-0.15, -0.1) is 0 Å². The van der Waals surface area contributed by atoms with Crippen LogP contribution in [-0.4, -0.2) is 66.9 Å². The molecule has 1 atom stereocenters. The molecule has 0 unspecified atom stereocenters. The maximum Gasteiger partial charge on any atom is 0.203 e. The van der Waals surface area contributed by atoms with E-state index in [1.165, 1.54) is 0 Å². The number of methoxy groups -OCH3 is 3. The molecule has 2 heterocycles. The van der Waals surface area contributed by atoms with Gasteiger partial charge in [0.1, 0.15) is 11.3 Å². The molecule has 3 aromatic rings. The highest BCUT2D eigenvalue weighted by atomic mass is 16.5. The topological polar surface area (TPSA) is 108 Å².